The lowest BCUT2D eigenvalue weighted by molar-refractivity contribution is 0.412. The summed E-state index contributed by atoms with van der Waals surface area (Å²) in [6.07, 6.45) is 3.26. The summed E-state index contributed by atoms with van der Waals surface area (Å²) in [5.41, 5.74) is 0.909. The van der Waals surface area contributed by atoms with Crippen LogP contribution in [0, 0.1) is 0 Å². The third-order valence-electron chi connectivity index (χ3n) is 1.84. The van der Waals surface area contributed by atoms with Crippen molar-refractivity contribution in [3.8, 4) is 11.4 Å². The van der Waals surface area contributed by atoms with Crippen LogP contribution in [-0.2, 0) is 0 Å². The van der Waals surface area contributed by atoms with Gasteiger partial charge in [0.2, 0.25) is 0 Å². The number of methoxy groups -OCH3 is 1. The topological polar surface area (TPSA) is 39.9 Å². The molecule has 0 atom stereocenters. The van der Waals surface area contributed by atoms with Crippen LogP contribution in [0.3, 0.4) is 0 Å². The molecule has 0 saturated heterocycles. The molecular formula is C9H8BrN3O. The van der Waals surface area contributed by atoms with Crippen LogP contribution in [0.5, 0.6) is 5.75 Å². The van der Waals surface area contributed by atoms with Crippen LogP contribution in [0.25, 0.3) is 5.69 Å². The molecule has 0 aliphatic rings. The molecule has 2 rings (SSSR count). The third kappa shape index (κ3) is 1.63. The maximum absolute atomic E-state index is 5.23. The van der Waals surface area contributed by atoms with E-state index in [2.05, 4.69) is 26.1 Å². The zero-order valence-electron chi connectivity index (χ0n) is 7.51. The van der Waals surface area contributed by atoms with E-state index >= 15 is 0 Å². The van der Waals surface area contributed by atoms with Crippen LogP contribution in [0.1, 0.15) is 0 Å². The zero-order chi connectivity index (χ0) is 9.97. The summed E-state index contributed by atoms with van der Waals surface area (Å²) in [4.78, 5) is 0. The first-order valence-corrected chi connectivity index (χ1v) is 4.79. The smallest absolute Gasteiger partial charge is 0.143 e. The number of nitrogens with zero attached hydrogens (tertiary/aromatic N) is 3. The maximum Gasteiger partial charge on any atom is 0.143 e. The van der Waals surface area contributed by atoms with E-state index in [1.54, 1.807) is 24.3 Å². The van der Waals surface area contributed by atoms with Crippen LogP contribution in [0.15, 0.2) is 35.3 Å². The lowest BCUT2D eigenvalue weighted by Gasteiger charge is -2.08. The number of benzene rings is 1. The maximum atomic E-state index is 5.23. The molecule has 0 N–H and O–H groups in total. The minimum Gasteiger partial charge on any atom is -0.495 e. The molecular weight excluding hydrogens is 246 g/mol. The summed E-state index contributed by atoms with van der Waals surface area (Å²) >= 11 is 3.40. The fourth-order valence-corrected chi connectivity index (χ4v) is 1.54. The summed E-state index contributed by atoms with van der Waals surface area (Å²) in [6.45, 7) is 0. The van der Waals surface area contributed by atoms with E-state index in [-0.39, 0.29) is 0 Å². The van der Waals surface area contributed by atoms with Gasteiger partial charge in [-0.2, -0.15) is 0 Å². The molecule has 0 amide bonds. The van der Waals surface area contributed by atoms with Gasteiger partial charge in [0.15, 0.2) is 0 Å². The molecule has 5 heteroatoms. The third-order valence-corrected chi connectivity index (χ3v) is 2.33. The lowest BCUT2D eigenvalue weighted by atomic mass is 10.3. The predicted octanol–water partition coefficient (Wildman–Crippen LogP) is 2.04. The molecule has 1 aromatic carbocycles. The molecule has 0 aliphatic carbocycles. The van der Waals surface area contributed by atoms with Gasteiger partial charge in [-0.05, 0) is 18.2 Å². The SMILES string of the molecule is COc1ccc(Br)cc1-n1cnnc1. The van der Waals surface area contributed by atoms with E-state index < -0.39 is 0 Å². The largest absolute Gasteiger partial charge is 0.495 e. The summed E-state index contributed by atoms with van der Waals surface area (Å²) in [7, 11) is 1.64. The lowest BCUT2D eigenvalue weighted by Crippen LogP contribution is -1.95. The molecule has 14 heavy (non-hydrogen) atoms. The van der Waals surface area contributed by atoms with Crippen LogP contribution in [0.2, 0.25) is 0 Å². The van der Waals surface area contributed by atoms with E-state index in [0.29, 0.717) is 0 Å². The van der Waals surface area contributed by atoms with Crippen molar-refractivity contribution >= 4 is 15.9 Å². The van der Waals surface area contributed by atoms with E-state index in [4.69, 9.17) is 4.74 Å². The van der Waals surface area contributed by atoms with Crippen molar-refractivity contribution in [1.29, 1.82) is 0 Å². The van der Waals surface area contributed by atoms with E-state index in [1.165, 1.54) is 0 Å². The van der Waals surface area contributed by atoms with Gasteiger partial charge in [-0.3, -0.25) is 4.57 Å². The highest BCUT2D eigenvalue weighted by Crippen LogP contribution is 2.25. The van der Waals surface area contributed by atoms with Crippen LogP contribution in [-0.4, -0.2) is 21.9 Å². The Balaban J connectivity index is 2.55. The van der Waals surface area contributed by atoms with E-state index in [1.807, 2.05) is 18.2 Å². The van der Waals surface area contributed by atoms with Gasteiger partial charge in [0.1, 0.15) is 18.4 Å². The van der Waals surface area contributed by atoms with Crippen LogP contribution in [0.4, 0.5) is 0 Å². The van der Waals surface area contributed by atoms with Gasteiger partial charge >= 0.3 is 0 Å². The van der Waals surface area contributed by atoms with E-state index in [9.17, 15) is 0 Å². The fourth-order valence-electron chi connectivity index (χ4n) is 1.19. The monoisotopic (exact) mass is 253 g/mol. The molecule has 0 bridgehead atoms. The van der Waals surface area contributed by atoms with Gasteiger partial charge in [-0.25, -0.2) is 0 Å². The molecule has 0 unspecified atom stereocenters. The zero-order valence-corrected chi connectivity index (χ0v) is 9.10. The van der Waals surface area contributed by atoms with Gasteiger partial charge in [-0.1, -0.05) is 15.9 Å². The first-order valence-electron chi connectivity index (χ1n) is 4.00. The van der Waals surface area contributed by atoms with Gasteiger partial charge in [0.25, 0.3) is 0 Å². The van der Waals surface area contributed by atoms with Crippen molar-refractivity contribution in [3.63, 3.8) is 0 Å². The number of hydrogen-bond donors (Lipinski definition) is 0. The first kappa shape index (κ1) is 9.21. The molecule has 0 fully saturated rings. The molecule has 72 valence electrons. The Bertz CT molecular complexity index is 428. The number of rotatable bonds is 2. The molecule has 0 spiro atoms. The molecule has 4 nitrogen and oxygen atoms in total. The van der Waals surface area contributed by atoms with Gasteiger partial charge in [-0.15, -0.1) is 10.2 Å². The Kier molecular flexibility index (Phi) is 2.49. The summed E-state index contributed by atoms with van der Waals surface area (Å²) in [5.74, 6) is 0.785. The standard InChI is InChI=1S/C9H8BrN3O/c1-14-9-3-2-7(10)4-8(9)13-5-11-12-6-13/h2-6H,1H3. The van der Waals surface area contributed by atoms with Crippen LogP contribution >= 0.6 is 15.9 Å². The Hall–Kier alpha value is -1.36. The summed E-state index contributed by atoms with van der Waals surface area (Å²) < 4.78 is 8.01. The second-order valence-corrected chi connectivity index (χ2v) is 3.60. The molecule has 1 aromatic heterocycles. The second kappa shape index (κ2) is 3.79. The number of halogens is 1. The van der Waals surface area contributed by atoms with Gasteiger partial charge in [0.05, 0.1) is 12.8 Å². The molecule has 0 saturated carbocycles. The summed E-state index contributed by atoms with van der Waals surface area (Å²) in [6, 6.07) is 5.76. The minimum atomic E-state index is 0.785. The average Bonchev–Trinajstić information content (AvgIpc) is 2.70. The number of ether oxygens (including phenoxy) is 1. The highest BCUT2D eigenvalue weighted by molar-refractivity contribution is 9.10. The van der Waals surface area contributed by atoms with Crippen molar-refractivity contribution in [2.75, 3.05) is 7.11 Å². The van der Waals surface area contributed by atoms with Crippen molar-refractivity contribution < 1.29 is 4.74 Å². The Morgan fingerprint density at radius 3 is 2.64 bits per heavy atom. The fraction of sp³-hybridized carbons (Fsp3) is 0.111. The molecule has 0 radical (unpaired) electrons. The Labute approximate surface area is 89.7 Å². The number of hydrogen-bond acceptors (Lipinski definition) is 3. The van der Waals surface area contributed by atoms with Crippen LogP contribution < -0.4 is 4.74 Å². The van der Waals surface area contributed by atoms with Crippen molar-refractivity contribution in [2.24, 2.45) is 0 Å². The average molecular weight is 254 g/mol. The van der Waals surface area contributed by atoms with Gasteiger partial charge in [0, 0.05) is 4.47 Å². The minimum absolute atomic E-state index is 0.785. The Morgan fingerprint density at radius 2 is 2.00 bits per heavy atom. The highest BCUT2D eigenvalue weighted by Gasteiger charge is 2.05. The highest BCUT2D eigenvalue weighted by atomic mass is 79.9. The molecule has 2 aromatic rings. The normalized spacial score (nSPS) is 10.1. The van der Waals surface area contributed by atoms with E-state index in [0.717, 1.165) is 15.9 Å². The van der Waals surface area contributed by atoms with Crippen molar-refractivity contribution in [3.05, 3.63) is 35.3 Å². The number of aromatic nitrogens is 3. The molecule has 0 aliphatic heterocycles. The van der Waals surface area contributed by atoms with Gasteiger partial charge < -0.3 is 4.74 Å². The first-order chi connectivity index (χ1) is 6.81. The quantitative estimate of drug-likeness (QED) is 0.823. The molecule has 1 heterocycles. The van der Waals surface area contributed by atoms with Crippen molar-refractivity contribution in [2.45, 2.75) is 0 Å². The Morgan fingerprint density at radius 1 is 1.29 bits per heavy atom. The predicted molar refractivity (Wildman–Crippen MR) is 55.6 cm³/mol. The summed E-state index contributed by atoms with van der Waals surface area (Å²) in [5, 5.41) is 7.49. The van der Waals surface area contributed by atoms with Crippen molar-refractivity contribution in [1.82, 2.24) is 14.8 Å². The second-order valence-electron chi connectivity index (χ2n) is 2.69.